The minimum Gasteiger partial charge on any atom is -0.364 e. The Bertz CT molecular complexity index is 1330. The van der Waals surface area contributed by atoms with Crippen molar-refractivity contribution >= 4 is 28.2 Å². The zero-order valence-corrected chi connectivity index (χ0v) is 19.6. The number of amides is 1. The average molecular weight is 482 g/mol. The molecule has 6 nitrogen and oxygen atoms in total. The zero-order chi connectivity index (χ0) is 24.7. The van der Waals surface area contributed by atoms with E-state index in [4.69, 9.17) is 0 Å². The van der Waals surface area contributed by atoms with E-state index in [1.807, 2.05) is 24.1 Å². The number of hydrogen-bond acceptors (Lipinski definition) is 5. The fraction of sp³-hybridized carbons (Fsp3) is 0.385. The summed E-state index contributed by atoms with van der Waals surface area (Å²) in [6, 6.07) is 6.17. The molecule has 1 aliphatic heterocycles. The monoisotopic (exact) mass is 481 g/mol. The number of nitrogens with one attached hydrogen (secondary N) is 1. The van der Waals surface area contributed by atoms with Crippen molar-refractivity contribution in [3.05, 3.63) is 64.5 Å². The zero-order valence-electron chi connectivity index (χ0n) is 19.6. The second-order valence-electron chi connectivity index (χ2n) is 9.23. The van der Waals surface area contributed by atoms with E-state index in [9.17, 15) is 18.0 Å². The highest BCUT2D eigenvalue weighted by atomic mass is 19.4. The molecular formula is C26H26F3N5O. The summed E-state index contributed by atoms with van der Waals surface area (Å²) in [5, 5.41) is 12.4. The predicted molar refractivity (Wildman–Crippen MR) is 127 cm³/mol. The summed E-state index contributed by atoms with van der Waals surface area (Å²) in [5.74, 6) is 0.931. The van der Waals surface area contributed by atoms with E-state index >= 15 is 0 Å². The molecule has 3 aromatic rings. The average Bonchev–Trinajstić information content (AvgIpc) is 3.69. The van der Waals surface area contributed by atoms with Crippen molar-refractivity contribution in [1.82, 2.24) is 20.1 Å². The fourth-order valence-corrected chi connectivity index (χ4v) is 4.55. The lowest BCUT2D eigenvalue weighted by Gasteiger charge is -2.26. The summed E-state index contributed by atoms with van der Waals surface area (Å²) in [5.41, 5.74) is 3.51. The first-order valence-corrected chi connectivity index (χ1v) is 11.7. The summed E-state index contributed by atoms with van der Waals surface area (Å²) in [6.45, 7) is 4.76. The highest BCUT2D eigenvalue weighted by Gasteiger charge is 2.34. The number of anilines is 1. The van der Waals surface area contributed by atoms with Crippen LogP contribution in [-0.2, 0) is 17.5 Å². The standard InChI is InChI=1S/C26H26F3N5O/c1-15-19(4-3-5-22(15)26(27,28)29)13-31-24-21-12-20(14-30-23(21)16(2)32-33-24)17-8-10-34(11-9-17)25(35)18-6-7-18/h3-5,8,12,14,18H,6-7,9-11,13H2,1-2H3,(H,31,33). The smallest absolute Gasteiger partial charge is 0.364 e. The van der Waals surface area contributed by atoms with Crippen LogP contribution in [0.5, 0.6) is 0 Å². The maximum Gasteiger partial charge on any atom is 0.416 e. The van der Waals surface area contributed by atoms with Crippen molar-refractivity contribution in [2.45, 2.75) is 45.8 Å². The summed E-state index contributed by atoms with van der Waals surface area (Å²) in [4.78, 5) is 18.9. The van der Waals surface area contributed by atoms with E-state index in [0.29, 0.717) is 35.7 Å². The molecule has 182 valence electrons. The Morgan fingerprint density at radius 2 is 2.00 bits per heavy atom. The lowest BCUT2D eigenvalue weighted by molar-refractivity contribution is -0.138. The molecule has 1 N–H and O–H groups in total. The molecule has 0 saturated heterocycles. The van der Waals surface area contributed by atoms with Crippen LogP contribution in [0.2, 0.25) is 0 Å². The molecule has 1 aromatic carbocycles. The number of alkyl halides is 3. The summed E-state index contributed by atoms with van der Waals surface area (Å²) >= 11 is 0. The predicted octanol–water partition coefficient (Wildman–Crippen LogP) is 5.30. The highest BCUT2D eigenvalue weighted by Crippen LogP contribution is 2.35. The third-order valence-corrected chi connectivity index (χ3v) is 6.80. The van der Waals surface area contributed by atoms with Gasteiger partial charge in [0.05, 0.1) is 16.8 Å². The first kappa shape index (κ1) is 23.3. The van der Waals surface area contributed by atoms with Crippen molar-refractivity contribution in [1.29, 1.82) is 0 Å². The van der Waals surface area contributed by atoms with Crippen LogP contribution >= 0.6 is 0 Å². The van der Waals surface area contributed by atoms with Gasteiger partial charge in [-0.25, -0.2) is 0 Å². The molecule has 0 bridgehead atoms. The van der Waals surface area contributed by atoms with Crippen LogP contribution in [0.1, 0.15) is 47.2 Å². The van der Waals surface area contributed by atoms with Gasteiger partial charge in [-0.2, -0.15) is 18.3 Å². The molecular weight excluding hydrogens is 455 g/mol. The van der Waals surface area contributed by atoms with Gasteiger partial charge in [-0.1, -0.05) is 18.2 Å². The number of halogens is 3. The van der Waals surface area contributed by atoms with E-state index < -0.39 is 11.7 Å². The quantitative estimate of drug-likeness (QED) is 0.536. The molecule has 3 heterocycles. The minimum atomic E-state index is -4.40. The number of carbonyl (C=O) groups is 1. The van der Waals surface area contributed by atoms with E-state index in [1.54, 1.807) is 6.07 Å². The maximum atomic E-state index is 13.3. The number of pyridine rings is 1. The van der Waals surface area contributed by atoms with E-state index in [0.717, 1.165) is 41.9 Å². The second-order valence-corrected chi connectivity index (χ2v) is 9.23. The minimum absolute atomic E-state index is 0.174. The number of nitrogens with zero attached hydrogens (tertiary/aromatic N) is 4. The molecule has 2 aliphatic rings. The molecule has 1 saturated carbocycles. The van der Waals surface area contributed by atoms with Crippen molar-refractivity contribution in [3.8, 4) is 0 Å². The first-order chi connectivity index (χ1) is 16.7. The summed E-state index contributed by atoms with van der Waals surface area (Å²) < 4.78 is 39.9. The molecule has 9 heteroatoms. The topological polar surface area (TPSA) is 71.0 Å². The number of fused-ring (bicyclic) bond motifs is 1. The Morgan fingerprint density at radius 1 is 1.20 bits per heavy atom. The maximum absolute atomic E-state index is 13.3. The summed E-state index contributed by atoms with van der Waals surface area (Å²) in [6.07, 6.45) is 2.22. The van der Waals surface area contributed by atoms with Gasteiger partial charge in [0.2, 0.25) is 5.91 Å². The van der Waals surface area contributed by atoms with Gasteiger partial charge in [0.25, 0.3) is 0 Å². The Morgan fingerprint density at radius 3 is 2.69 bits per heavy atom. The van der Waals surface area contributed by atoms with Crippen LogP contribution in [0.25, 0.3) is 16.5 Å². The Labute approximate surface area is 201 Å². The Kier molecular flexibility index (Phi) is 5.94. The number of rotatable bonds is 5. The first-order valence-electron chi connectivity index (χ1n) is 11.7. The van der Waals surface area contributed by atoms with Gasteiger partial charge in [-0.05, 0) is 67.5 Å². The van der Waals surface area contributed by atoms with Crippen LogP contribution in [0.4, 0.5) is 19.0 Å². The third kappa shape index (κ3) is 4.72. The van der Waals surface area contributed by atoms with Gasteiger partial charge in [0.1, 0.15) is 0 Å². The molecule has 0 atom stereocenters. The molecule has 0 spiro atoms. The number of aromatic nitrogens is 3. The lowest BCUT2D eigenvalue weighted by Crippen LogP contribution is -2.35. The Hall–Kier alpha value is -3.49. The van der Waals surface area contributed by atoms with Gasteiger partial charge in [-0.15, -0.1) is 5.10 Å². The van der Waals surface area contributed by atoms with E-state index in [1.165, 1.54) is 13.0 Å². The number of hydrogen-bond donors (Lipinski definition) is 1. The lowest BCUT2D eigenvalue weighted by atomic mass is 9.99. The van der Waals surface area contributed by atoms with Gasteiger partial charge >= 0.3 is 6.18 Å². The second kappa shape index (κ2) is 8.94. The molecule has 2 aromatic heterocycles. The summed E-state index contributed by atoms with van der Waals surface area (Å²) in [7, 11) is 0. The number of aryl methyl sites for hydroxylation is 1. The van der Waals surface area contributed by atoms with Gasteiger partial charge < -0.3 is 10.2 Å². The molecule has 1 fully saturated rings. The molecule has 35 heavy (non-hydrogen) atoms. The van der Waals surface area contributed by atoms with Crippen LogP contribution in [-0.4, -0.2) is 39.1 Å². The van der Waals surface area contributed by atoms with Crippen molar-refractivity contribution in [3.63, 3.8) is 0 Å². The van der Waals surface area contributed by atoms with Crippen LogP contribution in [0.3, 0.4) is 0 Å². The SMILES string of the molecule is Cc1c(CNc2nnc(C)c3ncc(C4=CCN(C(=O)C5CC5)CC4)cc23)cccc1C(F)(F)F. The molecule has 0 unspecified atom stereocenters. The van der Waals surface area contributed by atoms with E-state index in [-0.39, 0.29) is 23.9 Å². The van der Waals surface area contributed by atoms with Gasteiger partial charge in [0.15, 0.2) is 5.82 Å². The third-order valence-electron chi connectivity index (χ3n) is 6.80. The van der Waals surface area contributed by atoms with Gasteiger partial charge in [-0.3, -0.25) is 9.78 Å². The van der Waals surface area contributed by atoms with Crippen molar-refractivity contribution < 1.29 is 18.0 Å². The largest absolute Gasteiger partial charge is 0.416 e. The van der Waals surface area contributed by atoms with Crippen molar-refractivity contribution in [2.24, 2.45) is 5.92 Å². The molecule has 1 aliphatic carbocycles. The van der Waals surface area contributed by atoms with Crippen molar-refractivity contribution in [2.75, 3.05) is 18.4 Å². The van der Waals surface area contributed by atoms with Crippen LogP contribution in [0.15, 0.2) is 36.5 Å². The van der Waals surface area contributed by atoms with E-state index in [2.05, 4.69) is 26.6 Å². The molecule has 0 radical (unpaired) electrons. The van der Waals surface area contributed by atoms with Crippen LogP contribution < -0.4 is 5.32 Å². The van der Waals surface area contributed by atoms with Gasteiger partial charge in [0, 0.05) is 37.1 Å². The fourth-order valence-electron chi connectivity index (χ4n) is 4.55. The highest BCUT2D eigenvalue weighted by molar-refractivity contribution is 5.92. The van der Waals surface area contributed by atoms with Crippen LogP contribution in [0, 0.1) is 19.8 Å². The molecule has 5 rings (SSSR count). The number of benzene rings is 1. The Balaban J connectivity index is 1.40. The molecule has 1 amide bonds. The number of carbonyl (C=O) groups excluding carboxylic acids is 1. The normalized spacial score (nSPS) is 16.4.